The maximum Gasteiger partial charge on any atom is 0.244 e. The van der Waals surface area contributed by atoms with Crippen LogP contribution in [-0.2, 0) is 11.3 Å². The van der Waals surface area contributed by atoms with Gasteiger partial charge in [-0.15, -0.1) is 0 Å². The summed E-state index contributed by atoms with van der Waals surface area (Å²) in [5, 5.41) is 3.23. The molecule has 2 rings (SSSR count). The molecule has 0 saturated carbocycles. The SMILES string of the molecule is O=Cc1nccn1CC(=O)Nc1cccc(Cl)c1. The fraction of sp³-hybridized carbons (Fsp3) is 0.0833. The minimum Gasteiger partial charge on any atom is -0.324 e. The summed E-state index contributed by atoms with van der Waals surface area (Å²) in [6.07, 6.45) is 3.64. The minimum absolute atomic E-state index is 0.0284. The van der Waals surface area contributed by atoms with Gasteiger partial charge in [-0.3, -0.25) is 9.59 Å². The second kappa shape index (κ2) is 5.46. The number of hydrogen-bond donors (Lipinski definition) is 1. The lowest BCUT2D eigenvalue weighted by Crippen LogP contribution is -2.19. The average Bonchev–Trinajstić information content (AvgIpc) is 2.76. The van der Waals surface area contributed by atoms with Crippen LogP contribution in [0.25, 0.3) is 0 Å². The van der Waals surface area contributed by atoms with Gasteiger partial charge in [0.15, 0.2) is 12.1 Å². The van der Waals surface area contributed by atoms with E-state index >= 15 is 0 Å². The van der Waals surface area contributed by atoms with Crippen molar-refractivity contribution < 1.29 is 9.59 Å². The van der Waals surface area contributed by atoms with Crippen molar-refractivity contribution in [2.75, 3.05) is 5.32 Å². The molecular weight excluding hydrogens is 254 g/mol. The molecule has 0 aliphatic carbocycles. The molecule has 0 radical (unpaired) electrons. The first kappa shape index (κ1) is 12.3. The van der Waals surface area contributed by atoms with Crippen LogP contribution in [0.2, 0.25) is 5.02 Å². The third-order valence-electron chi connectivity index (χ3n) is 2.28. The van der Waals surface area contributed by atoms with Gasteiger partial charge in [-0.25, -0.2) is 4.98 Å². The van der Waals surface area contributed by atoms with Crippen molar-refractivity contribution in [3.05, 3.63) is 47.5 Å². The highest BCUT2D eigenvalue weighted by Crippen LogP contribution is 2.14. The number of aldehydes is 1. The van der Waals surface area contributed by atoms with E-state index in [1.165, 1.54) is 10.8 Å². The van der Waals surface area contributed by atoms with E-state index in [1.54, 1.807) is 30.5 Å². The Bertz CT molecular complexity index is 580. The quantitative estimate of drug-likeness (QED) is 0.858. The number of carbonyl (C=O) groups is 2. The van der Waals surface area contributed by atoms with Crippen LogP contribution in [0, 0.1) is 0 Å². The first-order chi connectivity index (χ1) is 8.69. The number of nitrogens with zero attached hydrogens (tertiary/aromatic N) is 2. The van der Waals surface area contributed by atoms with Crippen molar-refractivity contribution in [3.63, 3.8) is 0 Å². The van der Waals surface area contributed by atoms with E-state index in [0.717, 1.165) is 0 Å². The molecule has 0 unspecified atom stereocenters. The Kier molecular flexibility index (Phi) is 3.74. The summed E-state index contributed by atoms with van der Waals surface area (Å²) in [5.41, 5.74) is 0.611. The van der Waals surface area contributed by atoms with Crippen molar-refractivity contribution in [2.45, 2.75) is 6.54 Å². The highest BCUT2D eigenvalue weighted by atomic mass is 35.5. The smallest absolute Gasteiger partial charge is 0.244 e. The van der Waals surface area contributed by atoms with Gasteiger partial charge in [-0.1, -0.05) is 17.7 Å². The Morgan fingerprint density at radius 3 is 3.06 bits per heavy atom. The van der Waals surface area contributed by atoms with Gasteiger partial charge in [0.25, 0.3) is 0 Å². The molecule has 0 atom stereocenters. The van der Waals surface area contributed by atoms with Gasteiger partial charge < -0.3 is 9.88 Å². The van der Waals surface area contributed by atoms with Crippen molar-refractivity contribution in [1.82, 2.24) is 9.55 Å². The lowest BCUT2D eigenvalue weighted by molar-refractivity contribution is -0.116. The number of imidazole rings is 1. The maximum atomic E-state index is 11.7. The first-order valence-electron chi connectivity index (χ1n) is 5.21. The summed E-state index contributed by atoms with van der Waals surface area (Å²) >= 11 is 5.81. The summed E-state index contributed by atoms with van der Waals surface area (Å²) in [7, 11) is 0. The van der Waals surface area contributed by atoms with Crippen molar-refractivity contribution in [2.24, 2.45) is 0 Å². The van der Waals surface area contributed by atoms with E-state index in [-0.39, 0.29) is 18.3 Å². The number of halogens is 1. The Morgan fingerprint density at radius 2 is 2.33 bits per heavy atom. The number of aromatic nitrogens is 2. The monoisotopic (exact) mass is 263 g/mol. The Balaban J connectivity index is 2.03. The van der Waals surface area contributed by atoms with Gasteiger partial charge in [0.05, 0.1) is 0 Å². The summed E-state index contributed by atoms with van der Waals surface area (Å²) in [6, 6.07) is 6.84. The van der Waals surface area contributed by atoms with Crippen LogP contribution in [0.5, 0.6) is 0 Å². The Hall–Kier alpha value is -2.14. The molecule has 92 valence electrons. The highest BCUT2D eigenvalue weighted by molar-refractivity contribution is 6.30. The van der Waals surface area contributed by atoms with Gasteiger partial charge in [-0.2, -0.15) is 0 Å². The lowest BCUT2D eigenvalue weighted by Gasteiger charge is -2.06. The molecule has 1 aromatic heterocycles. The number of benzene rings is 1. The number of anilines is 1. The van der Waals surface area contributed by atoms with Crippen molar-refractivity contribution in [1.29, 1.82) is 0 Å². The third kappa shape index (κ3) is 2.95. The number of amides is 1. The maximum absolute atomic E-state index is 11.7. The zero-order valence-corrected chi connectivity index (χ0v) is 10.1. The highest BCUT2D eigenvalue weighted by Gasteiger charge is 2.07. The fourth-order valence-corrected chi connectivity index (χ4v) is 1.68. The predicted octanol–water partition coefficient (Wildman–Crippen LogP) is 1.99. The third-order valence-corrected chi connectivity index (χ3v) is 2.51. The Labute approximate surface area is 108 Å². The molecule has 0 fully saturated rings. The molecule has 1 heterocycles. The summed E-state index contributed by atoms with van der Waals surface area (Å²) in [6.45, 7) is 0.0284. The normalized spacial score (nSPS) is 10.1. The standard InChI is InChI=1S/C12H10ClN3O2/c13-9-2-1-3-10(6-9)15-12(18)7-16-5-4-14-11(16)8-17/h1-6,8H,7H2,(H,15,18). The van der Waals surface area contributed by atoms with E-state index in [0.29, 0.717) is 17.0 Å². The number of rotatable bonds is 4. The van der Waals surface area contributed by atoms with E-state index in [4.69, 9.17) is 11.6 Å². The summed E-state index contributed by atoms with van der Waals surface area (Å²) in [4.78, 5) is 26.2. The lowest BCUT2D eigenvalue weighted by atomic mass is 10.3. The molecule has 1 amide bonds. The van der Waals surface area contributed by atoms with Gasteiger partial charge in [0.1, 0.15) is 6.54 Å². The van der Waals surface area contributed by atoms with E-state index in [2.05, 4.69) is 10.3 Å². The van der Waals surface area contributed by atoms with Crippen LogP contribution < -0.4 is 5.32 Å². The number of nitrogens with one attached hydrogen (secondary N) is 1. The molecule has 18 heavy (non-hydrogen) atoms. The molecule has 0 bridgehead atoms. The molecule has 2 aromatic rings. The molecule has 1 N–H and O–H groups in total. The molecule has 0 aliphatic rings. The number of carbonyl (C=O) groups excluding carboxylic acids is 2. The van der Waals surface area contributed by atoms with Gasteiger partial charge in [0, 0.05) is 23.1 Å². The van der Waals surface area contributed by atoms with E-state index in [9.17, 15) is 9.59 Å². The second-order valence-corrected chi connectivity index (χ2v) is 4.03. The van der Waals surface area contributed by atoms with Crippen molar-refractivity contribution >= 4 is 29.5 Å². The summed E-state index contributed by atoms with van der Waals surface area (Å²) in [5.74, 6) is -0.0328. The first-order valence-corrected chi connectivity index (χ1v) is 5.58. The van der Waals surface area contributed by atoms with Gasteiger partial charge >= 0.3 is 0 Å². The zero-order valence-electron chi connectivity index (χ0n) is 9.34. The molecule has 5 nitrogen and oxygen atoms in total. The topological polar surface area (TPSA) is 64.0 Å². The molecule has 0 saturated heterocycles. The van der Waals surface area contributed by atoms with E-state index in [1.807, 2.05) is 0 Å². The molecular formula is C12H10ClN3O2. The molecule has 0 spiro atoms. The van der Waals surface area contributed by atoms with Crippen LogP contribution in [-0.4, -0.2) is 21.7 Å². The molecule has 0 aliphatic heterocycles. The van der Waals surface area contributed by atoms with Crippen LogP contribution in [0.4, 0.5) is 5.69 Å². The minimum atomic E-state index is -0.252. The van der Waals surface area contributed by atoms with Gasteiger partial charge in [-0.05, 0) is 18.2 Å². The van der Waals surface area contributed by atoms with E-state index < -0.39 is 0 Å². The molecule has 1 aromatic carbocycles. The van der Waals surface area contributed by atoms with Crippen LogP contribution >= 0.6 is 11.6 Å². The fourth-order valence-electron chi connectivity index (χ4n) is 1.49. The predicted molar refractivity (Wildman–Crippen MR) is 67.7 cm³/mol. The van der Waals surface area contributed by atoms with Gasteiger partial charge in [0.2, 0.25) is 5.91 Å². The zero-order chi connectivity index (χ0) is 13.0. The summed E-state index contributed by atoms with van der Waals surface area (Å²) < 4.78 is 1.47. The van der Waals surface area contributed by atoms with Crippen molar-refractivity contribution in [3.8, 4) is 0 Å². The second-order valence-electron chi connectivity index (χ2n) is 3.59. The number of hydrogen-bond acceptors (Lipinski definition) is 3. The van der Waals surface area contributed by atoms with Crippen LogP contribution in [0.15, 0.2) is 36.7 Å². The Morgan fingerprint density at radius 1 is 1.50 bits per heavy atom. The van der Waals surface area contributed by atoms with Crippen LogP contribution in [0.1, 0.15) is 10.6 Å². The average molecular weight is 264 g/mol. The molecule has 6 heteroatoms. The largest absolute Gasteiger partial charge is 0.324 e. The van der Waals surface area contributed by atoms with Crippen LogP contribution in [0.3, 0.4) is 0 Å².